The number of hydrogen-bond acceptors (Lipinski definition) is 2. The molecule has 4 nitrogen and oxygen atoms in total. The van der Waals surface area contributed by atoms with Gasteiger partial charge in [-0.25, -0.2) is 4.72 Å². The van der Waals surface area contributed by atoms with Crippen LogP contribution in [0.5, 0.6) is 0 Å². The Labute approximate surface area is 113 Å². The third-order valence-corrected chi connectivity index (χ3v) is 6.25. The van der Waals surface area contributed by atoms with Crippen molar-refractivity contribution >= 4 is 26.1 Å². The highest BCUT2D eigenvalue weighted by molar-refractivity contribution is 9.09. The normalized spacial score (nSPS) is 20.7. The minimum atomic E-state index is -3.29. The molecule has 6 heteroatoms. The summed E-state index contributed by atoms with van der Waals surface area (Å²) < 4.78 is 28.4. The zero-order chi connectivity index (χ0) is 13.1. The molecule has 0 radical (unpaired) electrons. The van der Waals surface area contributed by atoms with Crippen LogP contribution in [-0.4, -0.2) is 37.7 Å². The smallest absolute Gasteiger partial charge is 0.202 e. The van der Waals surface area contributed by atoms with Gasteiger partial charge in [0.05, 0.1) is 0 Å². The average molecular weight is 327 g/mol. The van der Waals surface area contributed by atoms with E-state index in [-0.39, 0.29) is 5.41 Å². The van der Waals surface area contributed by atoms with Gasteiger partial charge >= 0.3 is 0 Å². The third kappa shape index (κ3) is 4.85. The first-order valence-corrected chi connectivity index (χ1v) is 8.64. The predicted molar refractivity (Wildman–Crippen MR) is 74.5 cm³/mol. The number of piperidine rings is 1. The van der Waals surface area contributed by atoms with E-state index in [1.165, 1.54) is 0 Å². The molecule has 17 heavy (non-hydrogen) atoms. The van der Waals surface area contributed by atoms with Gasteiger partial charge in [-0.05, 0) is 24.2 Å². The van der Waals surface area contributed by atoms with Crippen LogP contribution in [-0.2, 0) is 10.2 Å². The topological polar surface area (TPSA) is 49.4 Å². The van der Waals surface area contributed by atoms with E-state index >= 15 is 0 Å². The Kier molecular flexibility index (Phi) is 5.43. The molecule has 0 amide bonds. The van der Waals surface area contributed by atoms with Crippen LogP contribution in [0.2, 0.25) is 0 Å². The summed E-state index contributed by atoms with van der Waals surface area (Å²) in [6.07, 6.45) is 1.92. The monoisotopic (exact) mass is 326 g/mol. The molecular weight excluding hydrogens is 304 g/mol. The standard InChI is InChI=1S/C11H23BrN2O2S/c1-10-4-6-14(7-5-10)17(15,16)13-9-11(2,3)8-12/h10,13H,4-9H2,1-3H3. The van der Waals surface area contributed by atoms with Gasteiger partial charge in [-0.2, -0.15) is 12.7 Å². The summed E-state index contributed by atoms with van der Waals surface area (Å²) in [5.74, 6) is 0.639. The second kappa shape index (κ2) is 5.99. The van der Waals surface area contributed by atoms with Crippen molar-refractivity contribution in [1.29, 1.82) is 0 Å². The fraction of sp³-hybridized carbons (Fsp3) is 1.00. The molecule has 1 N–H and O–H groups in total. The summed E-state index contributed by atoms with van der Waals surface area (Å²) in [6.45, 7) is 7.99. The van der Waals surface area contributed by atoms with Gasteiger partial charge in [-0.15, -0.1) is 0 Å². The second-order valence-corrected chi connectivity index (χ2v) is 8.02. The van der Waals surface area contributed by atoms with Gasteiger partial charge in [-0.1, -0.05) is 36.7 Å². The Balaban J connectivity index is 2.51. The zero-order valence-corrected chi connectivity index (χ0v) is 13.3. The van der Waals surface area contributed by atoms with Gasteiger partial charge in [0.1, 0.15) is 0 Å². The van der Waals surface area contributed by atoms with Crippen molar-refractivity contribution in [2.24, 2.45) is 11.3 Å². The summed E-state index contributed by atoms with van der Waals surface area (Å²) in [7, 11) is -3.29. The quantitative estimate of drug-likeness (QED) is 0.785. The van der Waals surface area contributed by atoms with E-state index in [4.69, 9.17) is 0 Å². The molecule has 0 aromatic heterocycles. The Morgan fingerprint density at radius 2 is 1.88 bits per heavy atom. The van der Waals surface area contributed by atoms with E-state index in [0.29, 0.717) is 25.6 Å². The lowest BCUT2D eigenvalue weighted by molar-refractivity contribution is 0.282. The number of alkyl halides is 1. The molecule has 0 saturated carbocycles. The summed E-state index contributed by atoms with van der Waals surface area (Å²) in [5, 5.41) is 0.777. The summed E-state index contributed by atoms with van der Waals surface area (Å²) in [6, 6.07) is 0. The van der Waals surface area contributed by atoms with Crippen molar-refractivity contribution in [3.05, 3.63) is 0 Å². The lowest BCUT2D eigenvalue weighted by Gasteiger charge is -2.31. The molecule has 0 aliphatic carbocycles. The Hall–Kier alpha value is 0.350. The van der Waals surface area contributed by atoms with Gasteiger partial charge in [0.15, 0.2) is 0 Å². The van der Waals surface area contributed by atoms with E-state index in [1.807, 2.05) is 13.8 Å². The summed E-state index contributed by atoms with van der Waals surface area (Å²) >= 11 is 3.39. The summed E-state index contributed by atoms with van der Waals surface area (Å²) in [5.41, 5.74) is -0.0594. The maximum atomic E-state index is 12.1. The molecule has 1 saturated heterocycles. The van der Waals surface area contributed by atoms with Crippen LogP contribution in [0.3, 0.4) is 0 Å². The predicted octanol–water partition coefficient (Wildman–Crippen LogP) is 1.97. The van der Waals surface area contributed by atoms with Crippen molar-refractivity contribution in [1.82, 2.24) is 9.03 Å². The van der Waals surface area contributed by atoms with Gasteiger partial charge < -0.3 is 0 Å². The SMILES string of the molecule is CC1CCN(S(=O)(=O)NCC(C)(C)CBr)CC1. The summed E-state index contributed by atoms with van der Waals surface area (Å²) in [4.78, 5) is 0. The van der Waals surface area contributed by atoms with Crippen LogP contribution in [0.15, 0.2) is 0 Å². The highest BCUT2D eigenvalue weighted by Gasteiger charge is 2.28. The van der Waals surface area contributed by atoms with Crippen LogP contribution in [0.25, 0.3) is 0 Å². The molecule has 1 fully saturated rings. The van der Waals surface area contributed by atoms with E-state index in [0.717, 1.165) is 18.2 Å². The molecule has 102 valence electrons. The fourth-order valence-corrected chi connectivity index (χ4v) is 3.30. The third-order valence-electron chi connectivity index (χ3n) is 3.18. The van der Waals surface area contributed by atoms with Crippen molar-refractivity contribution in [3.63, 3.8) is 0 Å². The minimum absolute atomic E-state index is 0.0594. The first-order valence-electron chi connectivity index (χ1n) is 6.07. The van der Waals surface area contributed by atoms with E-state index in [2.05, 4.69) is 27.6 Å². The molecule has 0 atom stereocenters. The minimum Gasteiger partial charge on any atom is -0.202 e. The molecule has 0 aromatic rings. The lowest BCUT2D eigenvalue weighted by Crippen LogP contribution is -2.47. The Morgan fingerprint density at radius 3 is 2.35 bits per heavy atom. The van der Waals surface area contributed by atoms with Crippen molar-refractivity contribution in [2.75, 3.05) is 25.0 Å². The maximum Gasteiger partial charge on any atom is 0.279 e. The van der Waals surface area contributed by atoms with Gasteiger partial charge in [0, 0.05) is 25.0 Å². The molecule has 1 rings (SSSR count). The maximum absolute atomic E-state index is 12.1. The molecule has 1 aliphatic rings. The van der Waals surface area contributed by atoms with Crippen LogP contribution in [0.4, 0.5) is 0 Å². The van der Waals surface area contributed by atoms with E-state index in [1.54, 1.807) is 4.31 Å². The van der Waals surface area contributed by atoms with Crippen molar-refractivity contribution in [2.45, 2.75) is 33.6 Å². The van der Waals surface area contributed by atoms with Crippen molar-refractivity contribution in [3.8, 4) is 0 Å². The van der Waals surface area contributed by atoms with Crippen molar-refractivity contribution < 1.29 is 8.42 Å². The Morgan fingerprint density at radius 1 is 1.35 bits per heavy atom. The van der Waals surface area contributed by atoms with Crippen LogP contribution >= 0.6 is 15.9 Å². The molecule has 0 bridgehead atoms. The second-order valence-electron chi connectivity index (χ2n) is 5.71. The van der Waals surface area contributed by atoms with Gasteiger partial charge in [-0.3, -0.25) is 0 Å². The van der Waals surface area contributed by atoms with E-state index in [9.17, 15) is 8.42 Å². The van der Waals surface area contributed by atoms with Crippen LogP contribution in [0.1, 0.15) is 33.6 Å². The lowest BCUT2D eigenvalue weighted by atomic mass is 9.98. The molecule has 1 aliphatic heterocycles. The van der Waals surface area contributed by atoms with Crippen LogP contribution < -0.4 is 4.72 Å². The van der Waals surface area contributed by atoms with Gasteiger partial charge in [0.25, 0.3) is 10.2 Å². The van der Waals surface area contributed by atoms with Gasteiger partial charge in [0.2, 0.25) is 0 Å². The highest BCUT2D eigenvalue weighted by atomic mass is 79.9. The number of rotatable bonds is 5. The fourth-order valence-electron chi connectivity index (χ4n) is 1.65. The first kappa shape index (κ1) is 15.4. The number of nitrogens with one attached hydrogen (secondary N) is 1. The average Bonchev–Trinajstić information content (AvgIpc) is 2.27. The van der Waals surface area contributed by atoms with Crippen LogP contribution in [0, 0.1) is 11.3 Å². The van der Waals surface area contributed by atoms with E-state index < -0.39 is 10.2 Å². The number of hydrogen-bond donors (Lipinski definition) is 1. The molecule has 0 spiro atoms. The molecule has 0 aromatic carbocycles. The number of nitrogens with zero attached hydrogens (tertiary/aromatic N) is 1. The number of halogens is 1. The molecule has 0 unspecified atom stereocenters. The molecule has 1 heterocycles. The largest absolute Gasteiger partial charge is 0.279 e. The Bertz CT molecular complexity index is 335. The highest BCUT2D eigenvalue weighted by Crippen LogP contribution is 2.20. The zero-order valence-electron chi connectivity index (χ0n) is 10.9. The first-order chi connectivity index (χ1) is 7.77. The molecular formula is C11H23BrN2O2S.